The summed E-state index contributed by atoms with van der Waals surface area (Å²) >= 11 is 2.30. The number of nitrogens with one attached hydrogen (secondary N) is 2. The fourth-order valence-corrected chi connectivity index (χ4v) is 3.81. The first-order valence-electron chi connectivity index (χ1n) is 10.00. The molecule has 0 saturated heterocycles. The highest BCUT2D eigenvalue weighted by atomic mass is 127. The number of aromatic nitrogens is 6. The summed E-state index contributed by atoms with van der Waals surface area (Å²) in [6, 6.07) is 3.96. The molecule has 10 heteroatoms. The van der Waals surface area contributed by atoms with Crippen LogP contribution in [0, 0.1) is 3.57 Å². The molecule has 4 heterocycles. The van der Waals surface area contributed by atoms with Gasteiger partial charge in [0.1, 0.15) is 11.3 Å². The highest BCUT2D eigenvalue weighted by molar-refractivity contribution is 14.1. The van der Waals surface area contributed by atoms with Crippen LogP contribution in [-0.4, -0.2) is 61.2 Å². The highest BCUT2D eigenvalue weighted by Gasteiger charge is 2.17. The Morgan fingerprint density at radius 3 is 3.03 bits per heavy atom. The molecule has 162 valence electrons. The number of hydrogen-bond acceptors (Lipinski definition) is 7. The topological polar surface area (TPSA) is 114 Å². The molecule has 0 bridgehead atoms. The number of H-pyrrole nitrogens is 1. The first-order chi connectivity index (χ1) is 15.0. The van der Waals surface area contributed by atoms with E-state index in [-0.39, 0.29) is 0 Å². The highest BCUT2D eigenvalue weighted by Crippen LogP contribution is 2.32. The number of nitrogens with zero attached hydrogens (tertiary/aromatic N) is 5. The minimum Gasteiger partial charge on any atom is -0.392 e. The van der Waals surface area contributed by atoms with E-state index < -0.39 is 6.10 Å². The number of fused-ring (bicyclic) bond motifs is 1. The van der Waals surface area contributed by atoms with Crippen molar-refractivity contribution in [3.8, 4) is 22.5 Å². The van der Waals surface area contributed by atoms with Gasteiger partial charge in [-0.15, -0.1) is 0 Å². The van der Waals surface area contributed by atoms with E-state index in [1.807, 2.05) is 29.3 Å². The number of aryl methyl sites for hydroxylation is 1. The molecule has 0 spiro atoms. The van der Waals surface area contributed by atoms with Crippen molar-refractivity contribution in [2.24, 2.45) is 0 Å². The largest absolute Gasteiger partial charge is 0.392 e. The Morgan fingerprint density at radius 2 is 2.23 bits per heavy atom. The molecule has 0 aromatic carbocycles. The van der Waals surface area contributed by atoms with Gasteiger partial charge in [0.15, 0.2) is 0 Å². The third-order valence-electron chi connectivity index (χ3n) is 4.74. The molecule has 4 aromatic rings. The Bertz CT molecular complexity index is 1170. The Hall–Kier alpha value is -2.57. The van der Waals surface area contributed by atoms with Gasteiger partial charge in [0, 0.05) is 71.7 Å². The second-order valence-electron chi connectivity index (χ2n) is 7.25. The summed E-state index contributed by atoms with van der Waals surface area (Å²) in [5.41, 5.74) is 4.22. The van der Waals surface area contributed by atoms with Crippen molar-refractivity contribution < 1.29 is 9.84 Å². The van der Waals surface area contributed by atoms with Crippen LogP contribution in [0.4, 0.5) is 5.95 Å². The lowest BCUT2D eigenvalue weighted by Gasteiger charge is -2.08. The molecule has 0 aliphatic heterocycles. The fourth-order valence-electron chi connectivity index (χ4n) is 3.24. The maximum Gasteiger partial charge on any atom is 0.223 e. The number of anilines is 1. The van der Waals surface area contributed by atoms with Crippen molar-refractivity contribution in [2.45, 2.75) is 26.0 Å². The molecule has 31 heavy (non-hydrogen) atoms. The van der Waals surface area contributed by atoms with Crippen LogP contribution in [0.25, 0.3) is 33.5 Å². The number of methoxy groups -OCH3 is 1. The summed E-state index contributed by atoms with van der Waals surface area (Å²) in [6.07, 6.45) is 7.83. The van der Waals surface area contributed by atoms with E-state index in [1.54, 1.807) is 20.2 Å². The van der Waals surface area contributed by atoms with Crippen LogP contribution < -0.4 is 5.32 Å². The van der Waals surface area contributed by atoms with Gasteiger partial charge in [-0.05, 0) is 48.1 Å². The van der Waals surface area contributed by atoms with Gasteiger partial charge in [0.2, 0.25) is 5.95 Å². The summed E-state index contributed by atoms with van der Waals surface area (Å²) < 4.78 is 8.20. The molecule has 0 unspecified atom stereocenters. The monoisotopic (exact) mass is 533 g/mol. The predicted octanol–water partition coefficient (Wildman–Crippen LogP) is 3.32. The van der Waals surface area contributed by atoms with Crippen molar-refractivity contribution in [3.63, 3.8) is 0 Å². The maximum atomic E-state index is 9.54. The van der Waals surface area contributed by atoms with Crippen LogP contribution >= 0.6 is 22.6 Å². The zero-order chi connectivity index (χ0) is 21.8. The lowest BCUT2D eigenvalue weighted by molar-refractivity contribution is 0.189. The van der Waals surface area contributed by atoms with Crippen LogP contribution in [0.5, 0.6) is 0 Å². The molecule has 9 nitrogen and oxygen atoms in total. The van der Waals surface area contributed by atoms with E-state index >= 15 is 0 Å². The molecule has 0 aliphatic rings. The van der Waals surface area contributed by atoms with Crippen LogP contribution in [-0.2, 0) is 11.3 Å². The summed E-state index contributed by atoms with van der Waals surface area (Å²) in [4.78, 5) is 16.6. The minimum absolute atomic E-state index is 0.374. The third kappa shape index (κ3) is 5.02. The lowest BCUT2D eigenvalue weighted by atomic mass is 10.1. The van der Waals surface area contributed by atoms with Crippen molar-refractivity contribution in [2.75, 3.05) is 25.6 Å². The standard InChI is InChI=1S/C21H24IN7O2/c1-13(30)9-26-21-23-5-4-18(27-21)16-12-29(6-3-7-31-2)28-19(16)14-8-15-17(22)11-25-20(15)24-10-14/h4-5,8,10-13,30H,3,6-7,9H2,1-2H3,(H,24,25)(H,23,26,27)/t13-/m0/s1. The number of halogens is 1. The zero-order valence-electron chi connectivity index (χ0n) is 17.3. The number of pyridine rings is 1. The molecule has 0 radical (unpaired) electrons. The Morgan fingerprint density at radius 1 is 1.35 bits per heavy atom. The number of hydrogen-bond donors (Lipinski definition) is 3. The van der Waals surface area contributed by atoms with Gasteiger partial charge < -0.3 is 20.1 Å². The number of aromatic amines is 1. The molecular formula is C21H24IN7O2. The van der Waals surface area contributed by atoms with Gasteiger partial charge in [0.25, 0.3) is 0 Å². The van der Waals surface area contributed by atoms with Gasteiger partial charge in [-0.1, -0.05) is 0 Å². The third-order valence-corrected chi connectivity index (χ3v) is 5.63. The number of aliphatic hydroxyl groups is 1. The predicted molar refractivity (Wildman–Crippen MR) is 128 cm³/mol. The van der Waals surface area contributed by atoms with Crippen molar-refractivity contribution in [1.82, 2.24) is 29.7 Å². The summed E-state index contributed by atoms with van der Waals surface area (Å²) in [6.45, 7) is 3.49. The summed E-state index contributed by atoms with van der Waals surface area (Å²) in [5, 5.41) is 18.5. The quantitative estimate of drug-likeness (QED) is 0.224. The molecule has 1 atom stereocenters. The van der Waals surface area contributed by atoms with Crippen molar-refractivity contribution in [1.29, 1.82) is 0 Å². The molecular weight excluding hydrogens is 509 g/mol. The van der Waals surface area contributed by atoms with Gasteiger partial charge in [-0.2, -0.15) is 5.10 Å². The Labute approximate surface area is 193 Å². The minimum atomic E-state index is -0.493. The fraction of sp³-hybridized carbons (Fsp3) is 0.333. The number of ether oxygens (including phenoxy) is 1. The first kappa shape index (κ1) is 21.7. The molecule has 0 saturated carbocycles. The number of rotatable bonds is 9. The van der Waals surface area contributed by atoms with E-state index in [9.17, 15) is 5.11 Å². The SMILES string of the molecule is COCCCn1cc(-c2ccnc(NC[C@H](C)O)n2)c(-c2cnc3[nH]cc(I)c3c2)n1. The van der Waals surface area contributed by atoms with Gasteiger partial charge in [-0.3, -0.25) is 4.68 Å². The van der Waals surface area contributed by atoms with Crippen LogP contribution in [0.2, 0.25) is 0 Å². The van der Waals surface area contributed by atoms with Gasteiger partial charge in [-0.25, -0.2) is 15.0 Å². The average Bonchev–Trinajstić information content (AvgIpc) is 3.36. The molecule has 4 aromatic heterocycles. The summed E-state index contributed by atoms with van der Waals surface area (Å²) in [5.74, 6) is 0.463. The second-order valence-corrected chi connectivity index (χ2v) is 8.42. The van der Waals surface area contributed by atoms with E-state index in [4.69, 9.17) is 9.84 Å². The van der Waals surface area contributed by atoms with Gasteiger partial charge >= 0.3 is 0 Å². The van der Waals surface area contributed by atoms with Crippen molar-refractivity contribution >= 4 is 39.6 Å². The molecule has 3 N–H and O–H groups in total. The smallest absolute Gasteiger partial charge is 0.223 e. The normalized spacial score (nSPS) is 12.4. The van der Waals surface area contributed by atoms with Crippen LogP contribution in [0.3, 0.4) is 0 Å². The maximum absolute atomic E-state index is 9.54. The van der Waals surface area contributed by atoms with Crippen molar-refractivity contribution in [3.05, 3.63) is 40.5 Å². The molecule has 0 amide bonds. The molecule has 0 fully saturated rings. The van der Waals surface area contributed by atoms with E-state index in [2.05, 4.69) is 53.9 Å². The Kier molecular flexibility index (Phi) is 6.78. The molecule has 4 rings (SSSR count). The molecule has 0 aliphatic carbocycles. The average molecular weight is 533 g/mol. The second kappa shape index (κ2) is 9.71. The Balaban J connectivity index is 1.75. The summed E-state index contributed by atoms with van der Waals surface area (Å²) in [7, 11) is 1.70. The van der Waals surface area contributed by atoms with E-state index in [0.29, 0.717) is 19.1 Å². The lowest BCUT2D eigenvalue weighted by Crippen LogP contribution is -2.16. The number of aliphatic hydroxyl groups excluding tert-OH is 1. The van der Waals surface area contributed by atoms with Crippen LogP contribution in [0.1, 0.15) is 13.3 Å². The van der Waals surface area contributed by atoms with E-state index in [0.717, 1.165) is 50.1 Å². The van der Waals surface area contributed by atoms with Gasteiger partial charge in [0.05, 0.1) is 11.8 Å². The van der Waals surface area contributed by atoms with E-state index in [1.165, 1.54) is 0 Å². The zero-order valence-corrected chi connectivity index (χ0v) is 19.5. The first-order valence-corrected chi connectivity index (χ1v) is 11.1. The van der Waals surface area contributed by atoms with Crippen LogP contribution in [0.15, 0.2) is 36.9 Å².